The first-order chi connectivity index (χ1) is 9.62. The average Bonchev–Trinajstić information content (AvgIpc) is 2.94. The summed E-state index contributed by atoms with van der Waals surface area (Å²) in [6.45, 7) is 2.92. The van der Waals surface area contributed by atoms with E-state index in [2.05, 4.69) is 22.9 Å². The maximum atomic E-state index is 6.71. The minimum Gasteiger partial charge on any atom is -0.493 e. The van der Waals surface area contributed by atoms with E-state index in [1.165, 1.54) is 0 Å². The van der Waals surface area contributed by atoms with Gasteiger partial charge >= 0.3 is 0 Å². The Bertz CT molecular complexity index is 467. The minimum absolute atomic E-state index is 0.100. The van der Waals surface area contributed by atoms with Crippen molar-refractivity contribution in [1.29, 1.82) is 0 Å². The maximum Gasteiger partial charge on any atom is 0.161 e. The number of hydrogen-bond acceptors (Lipinski definition) is 3. The van der Waals surface area contributed by atoms with Gasteiger partial charge in [-0.15, -0.1) is 11.6 Å². The lowest BCUT2D eigenvalue weighted by Crippen LogP contribution is -2.19. The lowest BCUT2D eigenvalue weighted by molar-refractivity contribution is 0.0864. The summed E-state index contributed by atoms with van der Waals surface area (Å²) in [6, 6.07) is 3.85. The van der Waals surface area contributed by atoms with Gasteiger partial charge in [-0.25, -0.2) is 0 Å². The zero-order valence-electron chi connectivity index (χ0n) is 12.0. The molecule has 0 aromatic heterocycles. The molecule has 1 saturated heterocycles. The molecule has 1 aromatic carbocycles. The van der Waals surface area contributed by atoms with Crippen LogP contribution in [0.5, 0.6) is 11.5 Å². The van der Waals surface area contributed by atoms with Crippen LogP contribution in [0.25, 0.3) is 0 Å². The van der Waals surface area contributed by atoms with Crippen molar-refractivity contribution in [2.24, 2.45) is 5.92 Å². The molecule has 0 spiro atoms. The van der Waals surface area contributed by atoms with Crippen molar-refractivity contribution < 1.29 is 14.2 Å². The van der Waals surface area contributed by atoms with Gasteiger partial charge in [-0.05, 0) is 30.5 Å². The molecule has 1 aliphatic rings. The molecule has 3 nitrogen and oxygen atoms in total. The molecule has 5 heteroatoms. The Morgan fingerprint density at radius 3 is 2.60 bits per heavy atom. The summed E-state index contributed by atoms with van der Waals surface area (Å²) >= 11 is 10.3. The highest BCUT2D eigenvalue weighted by Gasteiger charge is 2.34. The predicted octanol–water partition coefficient (Wildman–Crippen LogP) is 4.56. The number of halogens is 2. The standard InChI is InChI=1S/C15H20BrClO3/c1-4-12-9(5-6-20-12)15(17)10-7-13(18-2)14(19-3)8-11(10)16/h7-9,12,15H,4-6H2,1-3H3. The van der Waals surface area contributed by atoms with Crippen molar-refractivity contribution in [3.8, 4) is 11.5 Å². The zero-order chi connectivity index (χ0) is 14.7. The van der Waals surface area contributed by atoms with Gasteiger partial charge in [0.2, 0.25) is 0 Å². The SMILES string of the molecule is CCC1OCCC1C(Cl)c1cc(OC)c(OC)cc1Br. The highest BCUT2D eigenvalue weighted by atomic mass is 79.9. The Morgan fingerprint density at radius 2 is 2.00 bits per heavy atom. The molecule has 3 unspecified atom stereocenters. The summed E-state index contributed by atoms with van der Waals surface area (Å²) in [4.78, 5) is 0. The van der Waals surface area contributed by atoms with Crippen molar-refractivity contribution in [2.45, 2.75) is 31.2 Å². The van der Waals surface area contributed by atoms with E-state index < -0.39 is 0 Å². The highest BCUT2D eigenvalue weighted by Crippen LogP contribution is 2.44. The molecule has 0 bridgehead atoms. The number of hydrogen-bond donors (Lipinski definition) is 0. The lowest BCUT2D eigenvalue weighted by atomic mass is 9.91. The summed E-state index contributed by atoms with van der Waals surface area (Å²) in [7, 11) is 3.26. The molecule has 1 fully saturated rings. The Hall–Kier alpha value is -0.450. The van der Waals surface area contributed by atoms with Gasteiger partial charge in [0.25, 0.3) is 0 Å². The highest BCUT2D eigenvalue weighted by molar-refractivity contribution is 9.10. The number of benzene rings is 1. The molecule has 0 radical (unpaired) electrons. The maximum absolute atomic E-state index is 6.71. The van der Waals surface area contributed by atoms with E-state index in [1.807, 2.05) is 12.1 Å². The lowest BCUT2D eigenvalue weighted by Gasteiger charge is -2.24. The Morgan fingerprint density at radius 1 is 1.35 bits per heavy atom. The predicted molar refractivity (Wildman–Crippen MR) is 84.0 cm³/mol. The van der Waals surface area contributed by atoms with Crippen LogP contribution in [0, 0.1) is 5.92 Å². The smallest absolute Gasteiger partial charge is 0.161 e. The summed E-state index contributed by atoms with van der Waals surface area (Å²) in [5, 5.41) is -0.100. The zero-order valence-corrected chi connectivity index (χ0v) is 14.3. The van der Waals surface area contributed by atoms with Crippen LogP contribution in [0.4, 0.5) is 0 Å². The van der Waals surface area contributed by atoms with Crippen LogP contribution in [-0.2, 0) is 4.74 Å². The second-order valence-corrected chi connectivity index (χ2v) is 6.23. The molecule has 0 aliphatic carbocycles. The van der Waals surface area contributed by atoms with Crippen molar-refractivity contribution in [1.82, 2.24) is 0 Å². The van der Waals surface area contributed by atoms with Gasteiger partial charge in [0, 0.05) is 17.0 Å². The van der Waals surface area contributed by atoms with Gasteiger partial charge in [0.15, 0.2) is 11.5 Å². The molecule has 0 amide bonds. The van der Waals surface area contributed by atoms with E-state index in [9.17, 15) is 0 Å². The molecule has 0 saturated carbocycles. The van der Waals surface area contributed by atoms with Gasteiger partial charge in [-0.2, -0.15) is 0 Å². The fourth-order valence-electron chi connectivity index (χ4n) is 2.73. The molecule has 1 aromatic rings. The molecule has 0 N–H and O–H groups in total. The van der Waals surface area contributed by atoms with Crippen molar-refractivity contribution in [3.63, 3.8) is 0 Å². The second kappa shape index (κ2) is 7.01. The van der Waals surface area contributed by atoms with E-state index in [0.29, 0.717) is 17.4 Å². The number of alkyl halides is 1. The molecule has 3 atom stereocenters. The fourth-order valence-corrected chi connectivity index (χ4v) is 3.90. The number of methoxy groups -OCH3 is 2. The Kier molecular flexibility index (Phi) is 5.58. The monoisotopic (exact) mass is 362 g/mol. The summed E-state index contributed by atoms with van der Waals surface area (Å²) in [5.41, 5.74) is 1.03. The first-order valence-corrected chi connectivity index (χ1v) is 8.02. The van der Waals surface area contributed by atoms with Crippen LogP contribution in [-0.4, -0.2) is 26.9 Å². The third-order valence-electron chi connectivity index (χ3n) is 3.84. The minimum atomic E-state index is -0.100. The van der Waals surface area contributed by atoms with Gasteiger partial charge in [-0.1, -0.05) is 22.9 Å². The number of ether oxygens (including phenoxy) is 3. The van der Waals surface area contributed by atoms with Crippen LogP contribution in [0.2, 0.25) is 0 Å². The molecule has 112 valence electrons. The summed E-state index contributed by atoms with van der Waals surface area (Å²) in [5.74, 6) is 1.72. The first-order valence-electron chi connectivity index (χ1n) is 6.79. The van der Waals surface area contributed by atoms with Gasteiger partial charge in [0.05, 0.1) is 25.7 Å². The fraction of sp³-hybridized carbons (Fsp3) is 0.600. The van der Waals surface area contributed by atoms with Gasteiger partial charge in [0.1, 0.15) is 0 Å². The summed E-state index contributed by atoms with van der Waals surface area (Å²) < 4.78 is 17.3. The third kappa shape index (κ3) is 3.07. The van der Waals surface area contributed by atoms with E-state index in [4.69, 9.17) is 25.8 Å². The van der Waals surface area contributed by atoms with E-state index in [0.717, 1.165) is 29.5 Å². The average molecular weight is 364 g/mol. The second-order valence-electron chi connectivity index (χ2n) is 4.90. The molecular weight excluding hydrogens is 344 g/mol. The Balaban J connectivity index is 2.31. The largest absolute Gasteiger partial charge is 0.493 e. The first kappa shape index (κ1) is 15.9. The molecule has 1 heterocycles. The summed E-state index contributed by atoms with van der Waals surface area (Å²) in [6.07, 6.45) is 2.21. The van der Waals surface area contributed by atoms with E-state index in [-0.39, 0.29) is 11.5 Å². The van der Waals surface area contributed by atoms with Crippen LogP contribution in [0.15, 0.2) is 16.6 Å². The van der Waals surface area contributed by atoms with Crippen LogP contribution < -0.4 is 9.47 Å². The van der Waals surface area contributed by atoms with Crippen molar-refractivity contribution in [2.75, 3.05) is 20.8 Å². The van der Waals surface area contributed by atoms with Gasteiger partial charge < -0.3 is 14.2 Å². The van der Waals surface area contributed by atoms with Crippen molar-refractivity contribution in [3.05, 3.63) is 22.2 Å². The molecule has 20 heavy (non-hydrogen) atoms. The molecule has 2 rings (SSSR count). The quantitative estimate of drug-likeness (QED) is 0.718. The Labute approximate surface area is 133 Å². The van der Waals surface area contributed by atoms with E-state index >= 15 is 0 Å². The molecule has 1 aliphatic heterocycles. The van der Waals surface area contributed by atoms with Crippen LogP contribution >= 0.6 is 27.5 Å². The number of rotatable bonds is 5. The normalized spacial score (nSPS) is 23.6. The van der Waals surface area contributed by atoms with E-state index in [1.54, 1.807) is 14.2 Å². The van der Waals surface area contributed by atoms with Gasteiger partial charge in [-0.3, -0.25) is 0 Å². The topological polar surface area (TPSA) is 27.7 Å². The van der Waals surface area contributed by atoms with Crippen LogP contribution in [0.3, 0.4) is 0 Å². The van der Waals surface area contributed by atoms with Crippen molar-refractivity contribution >= 4 is 27.5 Å². The van der Waals surface area contributed by atoms with Crippen LogP contribution in [0.1, 0.15) is 30.7 Å². The third-order valence-corrected chi connectivity index (χ3v) is 5.08. The molecular formula is C15H20BrClO3.